The second-order valence-corrected chi connectivity index (χ2v) is 7.00. The van der Waals surface area contributed by atoms with Gasteiger partial charge in [-0.2, -0.15) is 0 Å². The Bertz CT molecular complexity index is 798. The number of pyridine rings is 1. The molecule has 1 aliphatic heterocycles. The zero-order valence-corrected chi connectivity index (χ0v) is 15.7. The van der Waals surface area contributed by atoms with Crippen molar-refractivity contribution in [1.29, 1.82) is 0 Å². The Kier molecular flexibility index (Phi) is 6.12. The van der Waals surface area contributed by atoms with E-state index < -0.39 is 5.91 Å². The maximum atomic E-state index is 12.7. The minimum absolute atomic E-state index is 0.141. The van der Waals surface area contributed by atoms with Gasteiger partial charge in [-0.1, -0.05) is 42.1 Å². The van der Waals surface area contributed by atoms with E-state index in [9.17, 15) is 9.59 Å². The Balaban J connectivity index is 1.78. The van der Waals surface area contributed by atoms with Crippen LogP contribution in [0.1, 0.15) is 46.5 Å². The number of likely N-dealkylation sites (tertiary alicyclic amines) is 1. The third-order valence-corrected chi connectivity index (χ3v) is 4.97. The largest absolute Gasteiger partial charge is 0.337 e. The van der Waals surface area contributed by atoms with Crippen molar-refractivity contribution >= 4 is 40.7 Å². The molecule has 1 saturated heterocycles. The summed E-state index contributed by atoms with van der Waals surface area (Å²) < 4.78 is 0. The van der Waals surface area contributed by atoms with E-state index in [0.29, 0.717) is 21.3 Å². The van der Waals surface area contributed by atoms with E-state index in [2.05, 4.69) is 10.3 Å². The van der Waals surface area contributed by atoms with Gasteiger partial charge >= 0.3 is 0 Å². The predicted octanol–water partition coefficient (Wildman–Crippen LogP) is 4.66. The molecule has 0 spiro atoms. The summed E-state index contributed by atoms with van der Waals surface area (Å²) in [4.78, 5) is 31.2. The van der Waals surface area contributed by atoms with Crippen LogP contribution in [-0.4, -0.2) is 34.8 Å². The maximum absolute atomic E-state index is 12.7. The lowest BCUT2D eigenvalue weighted by Gasteiger charge is -2.19. The summed E-state index contributed by atoms with van der Waals surface area (Å²) in [6.07, 6.45) is 5.73. The molecule has 2 amide bonds. The van der Waals surface area contributed by atoms with Crippen LogP contribution in [0.15, 0.2) is 36.5 Å². The lowest BCUT2D eigenvalue weighted by atomic mass is 10.2. The highest BCUT2D eigenvalue weighted by Crippen LogP contribution is 2.30. The minimum atomic E-state index is -0.396. The molecule has 1 fully saturated rings. The number of para-hydroxylation sites is 1. The fourth-order valence-corrected chi connectivity index (χ4v) is 3.42. The van der Waals surface area contributed by atoms with E-state index in [1.54, 1.807) is 24.3 Å². The maximum Gasteiger partial charge on any atom is 0.272 e. The number of nitrogens with zero attached hydrogens (tertiary/aromatic N) is 2. The summed E-state index contributed by atoms with van der Waals surface area (Å²) in [6.45, 7) is 1.46. The average molecular weight is 392 g/mol. The summed E-state index contributed by atoms with van der Waals surface area (Å²) in [5, 5.41) is 3.39. The van der Waals surface area contributed by atoms with E-state index in [1.165, 1.54) is 12.3 Å². The first-order valence-corrected chi connectivity index (χ1v) is 9.32. The van der Waals surface area contributed by atoms with Crippen molar-refractivity contribution in [2.24, 2.45) is 0 Å². The topological polar surface area (TPSA) is 62.3 Å². The summed E-state index contributed by atoms with van der Waals surface area (Å²) in [7, 11) is 0. The van der Waals surface area contributed by atoms with Crippen LogP contribution in [0.4, 0.5) is 5.69 Å². The summed E-state index contributed by atoms with van der Waals surface area (Å²) in [5.74, 6) is -0.537. The summed E-state index contributed by atoms with van der Waals surface area (Å²) in [5.41, 5.74) is 0.942. The molecule has 0 radical (unpaired) electrons. The lowest BCUT2D eigenvalue weighted by Crippen LogP contribution is -2.32. The van der Waals surface area contributed by atoms with Gasteiger partial charge in [0.15, 0.2) is 0 Å². The zero-order chi connectivity index (χ0) is 18.5. The minimum Gasteiger partial charge on any atom is -0.337 e. The van der Waals surface area contributed by atoms with Gasteiger partial charge in [-0.15, -0.1) is 0 Å². The van der Waals surface area contributed by atoms with Crippen LogP contribution in [0, 0.1) is 0 Å². The average Bonchev–Trinajstić information content (AvgIpc) is 2.93. The molecule has 1 aromatic heterocycles. The third kappa shape index (κ3) is 4.34. The molecule has 2 heterocycles. The predicted molar refractivity (Wildman–Crippen MR) is 103 cm³/mol. The third-order valence-electron chi connectivity index (χ3n) is 4.34. The second kappa shape index (κ2) is 8.52. The Hall–Kier alpha value is -2.11. The molecule has 0 aliphatic carbocycles. The molecule has 5 nitrogen and oxygen atoms in total. The molecule has 136 valence electrons. The van der Waals surface area contributed by atoms with E-state index in [0.717, 1.165) is 38.8 Å². The van der Waals surface area contributed by atoms with Gasteiger partial charge in [-0.3, -0.25) is 14.6 Å². The van der Waals surface area contributed by atoms with Gasteiger partial charge in [-0.25, -0.2) is 0 Å². The highest BCUT2D eigenvalue weighted by molar-refractivity contribution is 6.40. The van der Waals surface area contributed by atoms with Crippen LogP contribution in [0.25, 0.3) is 0 Å². The fourth-order valence-electron chi connectivity index (χ4n) is 2.93. The second-order valence-electron chi connectivity index (χ2n) is 6.19. The molecular formula is C19H19Cl2N3O2. The van der Waals surface area contributed by atoms with Crippen molar-refractivity contribution in [2.45, 2.75) is 25.7 Å². The molecule has 1 aliphatic rings. The highest BCUT2D eigenvalue weighted by atomic mass is 35.5. The fraction of sp³-hybridized carbons (Fsp3) is 0.316. The van der Waals surface area contributed by atoms with Gasteiger partial charge in [0.25, 0.3) is 11.8 Å². The van der Waals surface area contributed by atoms with Crippen molar-refractivity contribution < 1.29 is 9.59 Å². The molecule has 1 N–H and O–H groups in total. The smallest absolute Gasteiger partial charge is 0.272 e. The molecule has 0 saturated carbocycles. The molecule has 7 heteroatoms. The van der Waals surface area contributed by atoms with Crippen molar-refractivity contribution in [2.75, 3.05) is 18.4 Å². The first-order valence-electron chi connectivity index (χ1n) is 8.57. The Labute approximate surface area is 162 Å². The molecule has 0 unspecified atom stereocenters. The Morgan fingerprint density at radius 1 is 1.00 bits per heavy atom. The number of nitrogens with one attached hydrogen (secondary N) is 1. The van der Waals surface area contributed by atoms with E-state index in [4.69, 9.17) is 23.2 Å². The Morgan fingerprint density at radius 2 is 1.65 bits per heavy atom. The van der Waals surface area contributed by atoms with Crippen molar-refractivity contribution in [1.82, 2.24) is 9.88 Å². The van der Waals surface area contributed by atoms with Crippen molar-refractivity contribution in [3.63, 3.8) is 0 Å². The van der Waals surface area contributed by atoms with Crippen LogP contribution in [-0.2, 0) is 0 Å². The van der Waals surface area contributed by atoms with Gasteiger partial charge in [-0.05, 0) is 37.1 Å². The van der Waals surface area contributed by atoms with Crippen molar-refractivity contribution in [3.05, 3.63) is 57.8 Å². The number of rotatable bonds is 3. The van der Waals surface area contributed by atoms with Gasteiger partial charge < -0.3 is 10.2 Å². The monoisotopic (exact) mass is 391 g/mol. The van der Waals surface area contributed by atoms with Crippen LogP contribution in [0.2, 0.25) is 10.0 Å². The molecule has 0 atom stereocenters. The number of carbonyl (C=O) groups is 2. The number of anilines is 1. The number of halogens is 2. The number of aromatic nitrogens is 1. The summed E-state index contributed by atoms with van der Waals surface area (Å²) in [6, 6.07) is 8.05. The number of hydrogen-bond donors (Lipinski definition) is 1. The summed E-state index contributed by atoms with van der Waals surface area (Å²) >= 11 is 12.2. The first-order chi connectivity index (χ1) is 12.6. The number of benzene rings is 1. The van der Waals surface area contributed by atoms with Crippen LogP contribution >= 0.6 is 23.2 Å². The number of amides is 2. The van der Waals surface area contributed by atoms with Crippen molar-refractivity contribution in [3.8, 4) is 0 Å². The molecule has 2 aromatic rings. The number of hydrogen-bond acceptors (Lipinski definition) is 3. The first kappa shape index (κ1) is 18.7. The molecule has 3 rings (SSSR count). The molecule has 26 heavy (non-hydrogen) atoms. The SMILES string of the molecule is O=C(Nc1c(Cl)cccc1Cl)c1ccnc(C(=O)N2CCCCCC2)c1. The van der Waals surface area contributed by atoms with Crippen LogP contribution in [0.5, 0.6) is 0 Å². The molecule has 0 bridgehead atoms. The van der Waals surface area contributed by atoms with E-state index in [-0.39, 0.29) is 11.6 Å². The zero-order valence-electron chi connectivity index (χ0n) is 14.2. The normalized spacial score (nSPS) is 14.6. The lowest BCUT2D eigenvalue weighted by molar-refractivity contribution is 0.0755. The highest BCUT2D eigenvalue weighted by Gasteiger charge is 2.20. The van der Waals surface area contributed by atoms with Crippen LogP contribution < -0.4 is 5.32 Å². The van der Waals surface area contributed by atoms with Crippen LogP contribution in [0.3, 0.4) is 0 Å². The number of carbonyl (C=O) groups excluding carboxylic acids is 2. The Morgan fingerprint density at radius 3 is 2.31 bits per heavy atom. The standard InChI is InChI=1S/C19H19Cl2N3O2/c20-14-6-5-7-15(21)17(14)23-18(25)13-8-9-22-16(12-13)19(26)24-10-3-1-2-4-11-24/h5-9,12H,1-4,10-11H2,(H,23,25). The quantitative estimate of drug-likeness (QED) is 0.827. The molecular weight excluding hydrogens is 373 g/mol. The van der Waals surface area contributed by atoms with Gasteiger partial charge in [0.05, 0.1) is 15.7 Å². The van der Waals surface area contributed by atoms with Gasteiger partial charge in [0.1, 0.15) is 5.69 Å². The van der Waals surface area contributed by atoms with Gasteiger partial charge in [0, 0.05) is 24.8 Å². The van der Waals surface area contributed by atoms with Gasteiger partial charge in [0.2, 0.25) is 0 Å². The molecule has 1 aromatic carbocycles. The van der Waals surface area contributed by atoms with E-state index in [1.807, 2.05) is 4.90 Å². The van der Waals surface area contributed by atoms with E-state index >= 15 is 0 Å².